The first kappa shape index (κ1) is 16.9. The van der Waals surface area contributed by atoms with Gasteiger partial charge in [0, 0.05) is 30.1 Å². The SMILES string of the molecule is Cc1cc(=O)[nH]c(-c2ccc(NS(=O)(=O)c3cnn(C)c3C)cc2)n1. The monoisotopic (exact) mass is 359 g/mol. The van der Waals surface area contributed by atoms with E-state index in [-0.39, 0.29) is 10.5 Å². The van der Waals surface area contributed by atoms with Crippen LogP contribution in [0.3, 0.4) is 0 Å². The quantitative estimate of drug-likeness (QED) is 0.735. The number of anilines is 1. The number of benzene rings is 1. The lowest BCUT2D eigenvalue weighted by atomic mass is 10.2. The Balaban J connectivity index is 1.88. The molecule has 1 aromatic carbocycles. The van der Waals surface area contributed by atoms with Gasteiger partial charge in [-0.2, -0.15) is 5.10 Å². The molecule has 8 nitrogen and oxygen atoms in total. The number of H-pyrrole nitrogens is 1. The number of rotatable bonds is 4. The highest BCUT2D eigenvalue weighted by Gasteiger charge is 2.20. The van der Waals surface area contributed by atoms with Crippen LogP contribution >= 0.6 is 0 Å². The smallest absolute Gasteiger partial charge is 0.265 e. The van der Waals surface area contributed by atoms with Crippen molar-refractivity contribution in [2.75, 3.05) is 4.72 Å². The van der Waals surface area contributed by atoms with Crippen molar-refractivity contribution in [1.82, 2.24) is 19.7 Å². The number of hydrogen-bond acceptors (Lipinski definition) is 5. The van der Waals surface area contributed by atoms with Gasteiger partial charge in [-0.25, -0.2) is 13.4 Å². The molecule has 25 heavy (non-hydrogen) atoms. The van der Waals surface area contributed by atoms with Crippen LogP contribution in [0, 0.1) is 13.8 Å². The van der Waals surface area contributed by atoms with Gasteiger partial charge < -0.3 is 4.98 Å². The molecule has 0 aliphatic carbocycles. The van der Waals surface area contributed by atoms with Crippen LogP contribution in [-0.4, -0.2) is 28.2 Å². The summed E-state index contributed by atoms with van der Waals surface area (Å²) in [6.07, 6.45) is 1.31. The first-order valence-corrected chi connectivity index (χ1v) is 8.94. The van der Waals surface area contributed by atoms with Crippen molar-refractivity contribution in [2.24, 2.45) is 7.05 Å². The zero-order chi connectivity index (χ0) is 18.2. The zero-order valence-electron chi connectivity index (χ0n) is 13.9. The van der Waals surface area contributed by atoms with E-state index in [0.29, 0.717) is 28.5 Å². The van der Waals surface area contributed by atoms with Gasteiger partial charge in [0.2, 0.25) is 0 Å². The molecule has 0 unspecified atom stereocenters. The van der Waals surface area contributed by atoms with E-state index in [1.165, 1.54) is 16.9 Å². The van der Waals surface area contributed by atoms with E-state index >= 15 is 0 Å². The Morgan fingerprint density at radius 2 is 1.84 bits per heavy atom. The summed E-state index contributed by atoms with van der Waals surface area (Å²) < 4.78 is 28.9. The number of nitrogens with zero attached hydrogens (tertiary/aromatic N) is 3. The van der Waals surface area contributed by atoms with E-state index < -0.39 is 10.0 Å². The number of sulfonamides is 1. The summed E-state index contributed by atoms with van der Waals surface area (Å²) in [5, 5.41) is 3.95. The largest absolute Gasteiger partial charge is 0.307 e. The van der Waals surface area contributed by atoms with E-state index in [2.05, 4.69) is 19.8 Å². The molecular weight excluding hydrogens is 342 g/mol. The molecule has 2 heterocycles. The number of aryl methyl sites for hydroxylation is 2. The van der Waals surface area contributed by atoms with Crippen LogP contribution in [0.15, 0.2) is 46.2 Å². The Kier molecular flexibility index (Phi) is 4.17. The van der Waals surface area contributed by atoms with E-state index in [4.69, 9.17) is 0 Å². The average Bonchev–Trinajstić information content (AvgIpc) is 2.87. The van der Waals surface area contributed by atoms with E-state index in [0.717, 1.165) is 0 Å². The van der Waals surface area contributed by atoms with Crippen LogP contribution in [0.2, 0.25) is 0 Å². The van der Waals surface area contributed by atoms with Crippen molar-refractivity contribution in [3.8, 4) is 11.4 Å². The maximum atomic E-state index is 12.5. The van der Waals surface area contributed by atoms with Crippen LogP contribution in [0.25, 0.3) is 11.4 Å². The fourth-order valence-electron chi connectivity index (χ4n) is 2.36. The van der Waals surface area contributed by atoms with Crippen molar-refractivity contribution in [3.63, 3.8) is 0 Å². The molecule has 0 aliphatic rings. The lowest BCUT2D eigenvalue weighted by molar-refractivity contribution is 0.600. The summed E-state index contributed by atoms with van der Waals surface area (Å²) in [6, 6.07) is 8.00. The zero-order valence-corrected chi connectivity index (χ0v) is 14.8. The molecule has 2 N–H and O–H groups in total. The summed E-state index contributed by atoms with van der Waals surface area (Å²) in [5.74, 6) is 0.433. The Morgan fingerprint density at radius 3 is 2.40 bits per heavy atom. The van der Waals surface area contributed by atoms with Gasteiger partial charge in [-0.1, -0.05) is 0 Å². The van der Waals surface area contributed by atoms with Crippen LogP contribution in [-0.2, 0) is 17.1 Å². The topological polar surface area (TPSA) is 110 Å². The summed E-state index contributed by atoms with van der Waals surface area (Å²) in [4.78, 5) is 18.6. The molecule has 3 rings (SSSR count). The fraction of sp³-hybridized carbons (Fsp3) is 0.188. The van der Waals surface area contributed by atoms with Crippen molar-refractivity contribution >= 4 is 15.7 Å². The van der Waals surface area contributed by atoms with Gasteiger partial charge in [-0.15, -0.1) is 0 Å². The summed E-state index contributed by atoms with van der Waals surface area (Å²) in [6.45, 7) is 3.42. The van der Waals surface area contributed by atoms with Gasteiger partial charge in [0.05, 0.1) is 11.9 Å². The van der Waals surface area contributed by atoms with Crippen molar-refractivity contribution in [2.45, 2.75) is 18.7 Å². The minimum absolute atomic E-state index is 0.128. The molecule has 0 saturated heterocycles. The standard InChI is InChI=1S/C16H17N5O3S/c1-10-8-15(22)19-16(18-10)12-4-6-13(7-5-12)20-25(23,24)14-9-17-21(3)11(14)2/h4-9,20H,1-3H3,(H,18,19,22). The second kappa shape index (κ2) is 6.17. The van der Waals surface area contributed by atoms with Gasteiger partial charge >= 0.3 is 0 Å². The molecule has 0 fully saturated rings. The van der Waals surface area contributed by atoms with Crippen LogP contribution in [0.4, 0.5) is 5.69 Å². The maximum Gasteiger partial charge on any atom is 0.265 e. The lowest BCUT2D eigenvalue weighted by Crippen LogP contribution is -2.14. The van der Waals surface area contributed by atoms with E-state index in [1.54, 1.807) is 45.2 Å². The summed E-state index contributed by atoms with van der Waals surface area (Å²) in [7, 11) is -2.04. The number of aromatic nitrogens is 4. The van der Waals surface area contributed by atoms with Gasteiger partial charge in [0.15, 0.2) is 0 Å². The highest BCUT2D eigenvalue weighted by molar-refractivity contribution is 7.92. The Labute approximate surface area is 144 Å². The Bertz CT molecular complexity index is 1080. The van der Waals surface area contributed by atoms with E-state index in [9.17, 15) is 13.2 Å². The number of nitrogens with one attached hydrogen (secondary N) is 2. The Morgan fingerprint density at radius 1 is 1.16 bits per heavy atom. The molecule has 3 aromatic rings. The minimum atomic E-state index is -3.72. The Hall–Kier alpha value is -2.94. The molecule has 2 aromatic heterocycles. The predicted molar refractivity (Wildman–Crippen MR) is 93.8 cm³/mol. The first-order valence-electron chi connectivity index (χ1n) is 7.46. The molecule has 0 saturated carbocycles. The van der Waals surface area contributed by atoms with Crippen LogP contribution < -0.4 is 10.3 Å². The lowest BCUT2D eigenvalue weighted by Gasteiger charge is -2.08. The first-order chi connectivity index (χ1) is 11.8. The molecule has 9 heteroatoms. The predicted octanol–water partition coefficient (Wildman–Crippen LogP) is 1.59. The molecule has 0 bridgehead atoms. The second-order valence-corrected chi connectivity index (χ2v) is 7.29. The van der Waals surface area contributed by atoms with Crippen LogP contribution in [0.1, 0.15) is 11.4 Å². The highest BCUT2D eigenvalue weighted by Crippen LogP contribution is 2.21. The molecule has 0 amide bonds. The fourth-order valence-corrected chi connectivity index (χ4v) is 3.63. The van der Waals surface area contributed by atoms with Gasteiger partial charge in [0.1, 0.15) is 10.7 Å². The third-order valence-electron chi connectivity index (χ3n) is 3.76. The number of hydrogen-bond donors (Lipinski definition) is 2. The van der Waals surface area contributed by atoms with Crippen molar-refractivity contribution in [1.29, 1.82) is 0 Å². The van der Waals surface area contributed by atoms with Crippen LogP contribution in [0.5, 0.6) is 0 Å². The highest BCUT2D eigenvalue weighted by atomic mass is 32.2. The minimum Gasteiger partial charge on any atom is -0.307 e. The second-order valence-electron chi connectivity index (χ2n) is 5.64. The van der Waals surface area contributed by atoms with Gasteiger partial charge in [0.25, 0.3) is 15.6 Å². The molecule has 0 spiro atoms. The molecule has 0 aliphatic heterocycles. The maximum absolute atomic E-state index is 12.5. The molecule has 130 valence electrons. The average molecular weight is 359 g/mol. The number of aromatic amines is 1. The van der Waals surface area contributed by atoms with Gasteiger partial charge in [-0.05, 0) is 38.1 Å². The van der Waals surface area contributed by atoms with E-state index in [1.807, 2.05) is 0 Å². The third-order valence-corrected chi connectivity index (χ3v) is 5.24. The molecule has 0 atom stereocenters. The summed E-state index contributed by atoms with van der Waals surface area (Å²) in [5.41, 5.74) is 2.00. The van der Waals surface area contributed by atoms with Gasteiger partial charge in [-0.3, -0.25) is 14.2 Å². The van der Waals surface area contributed by atoms with Crippen molar-refractivity contribution < 1.29 is 8.42 Å². The third kappa shape index (κ3) is 3.45. The van der Waals surface area contributed by atoms with Crippen molar-refractivity contribution in [3.05, 3.63) is 58.3 Å². The molecule has 0 radical (unpaired) electrons. The summed E-state index contributed by atoms with van der Waals surface area (Å²) >= 11 is 0. The normalized spacial score (nSPS) is 11.5. The molecular formula is C16H17N5O3S.